The summed E-state index contributed by atoms with van der Waals surface area (Å²) < 4.78 is 25.5. The van der Waals surface area contributed by atoms with E-state index in [-0.39, 0.29) is 18.0 Å². The lowest BCUT2D eigenvalue weighted by Gasteiger charge is -2.05. The van der Waals surface area contributed by atoms with Gasteiger partial charge in [0.15, 0.2) is 0 Å². The normalized spacial score (nSPS) is 11.6. The Bertz CT molecular complexity index is 404. The van der Waals surface area contributed by atoms with E-state index in [1.165, 1.54) is 24.3 Å². The molecule has 0 aliphatic carbocycles. The summed E-state index contributed by atoms with van der Waals surface area (Å²) in [5, 5.41) is 0.485. The van der Waals surface area contributed by atoms with Gasteiger partial charge in [0.05, 0.1) is 11.5 Å². The molecular weight excluding hydrogens is 240 g/mol. The van der Waals surface area contributed by atoms with Gasteiger partial charge in [0.25, 0.3) is 0 Å². The van der Waals surface area contributed by atoms with Crippen molar-refractivity contribution in [1.29, 1.82) is 0 Å². The molecule has 0 spiro atoms. The maximum atomic E-state index is 11.6. The molecule has 0 heterocycles. The van der Waals surface area contributed by atoms with Crippen LogP contribution in [-0.4, -0.2) is 21.6 Å². The Kier molecular flexibility index (Phi) is 4.49. The van der Waals surface area contributed by atoms with E-state index in [2.05, 4.69) is 9.56 Å². The van der Waals surface area contributed by atoms with Crippen molar-refractivity contribution in [3.05, 3.63) is 29.3 Å². The van der Waals surface area contributed by atoms with E-state index in [1.807, 2.05) is 0 Å². The second kappa shape index (κ2) is 5.43. The molecule has 5 nitrogen and oxygen atoms in total. The third-order valence-corrected chi connectivity index (χ3v) is 3.36. The fourth-order valence-corrected chi connectivity index (χ4v) is 2.07. The highest BCUT2D eigenvalue weighted by Crippen LogP contribution is 2.13. The van der Waals surface area contributed by atoms with Gasteiger partial charge in [0.2, 0.25) is 10.0 Å². The van der Waals surface area contributed by atoms with Crippen molar-refractivity contribution < 1.29 is 13.3 Å². The van der Waals surface area contributed by atoms with E-state index in [0.29, 0.717) is 5.02 Å². The average molecular weight is 251 g/mol. The molecule has 0 fully saturated rings. The number of benzene rings is 1. The summed E-state index contributed by atoms with van der Waals surface area (Å²) in [6.45, 7) is 0.244. The number of halogens is 1. The van der Waals surface area contributed by atoms with E-state index in [0.717, 1.165) is 0 Å². The Balaban J connectivity index is 2.73. The molecule has 0 aliphatic heterocycles. The maximum absolute atomic E-state index is 11.6. The summed E-state index contributed by atoms with van der Waals surface area (Å²) >= 11 is 5.64. The van der Waals surface area contributed by atoms with Gasteiger partial charge in [0.1, 0.15) is 0 Å². The molecule has 0 amide bonds. The summed E-state index contributed by atoms with van der Waals surface area (Å²) in [5.41, 5.74) is 0. The minimum atomic E-state index is -3.49. The minimum absolute atomic E-state index is 0.118. The van der Waals surface area contributed by atoms with Crippen LogP contribution in [-0.2, 0) is 14.9 Å². The molecule has 1 aromatic rings. The van der Waals surface area contributed by atoms with Crippen LogP contribution in [0, 0.1) is 0 Å². The van der Waals surface area contributed by atoms with Crippen LogP contribution in [0.4, 0.5) is 0 Å². The molecule has 0 aliphatic rings. The Morgan fingerprint density at radius 1 is 1.33 bits per heavy atom. The Morgan fingerprint density at radius 3 is 2.47 bits per heavy atom. The summed E-state index contributed by atoms with van der Waals surface area (Å²) in [7, 11) is -3.49. The summed E-state index contributed by atoms with van der Waals surface area (Å²) in [4.78, 5) is 4.40. The molecule has 1 rings (SSSR count). The summed E-state index contributed by atoms with van der Waals surface area (Å²) in [6.07, 6.45) is 0. The number of hydrogen-bond donors (Lipinski definition) is 2. The van der Waals surface area contributed by atoms with Gasteiger partial charge in [0, 0.05) is 11.6 Å². The maximum Gasteiger partial charge on any atom is 0.240 e. The number of nitrogens with one attached hydrogen (secondary N) is 1. The van der Waals surface area contributed by atoms with Crippen molar-refractivity contribution >= 4 is 21.6 Å². The first kappa shape index (κ1) is 12.4. The minimum Gasteiger partial charge on any atom is -0.303 e. The number of hydrogen-bond acceptors (Lipinski definition) is 4. The fourth-order valence-electron chi connectivity index (χ4n) is 0.932. The van der Waals surface area contributed by atoms with Gasteiger partial charge < -0.3 is 4.84 Å². The van der Waals surface area contributed by atoms with Crippen molar-refractivity contribution in [2.45, 2.75) is 4.90 Å². The third-order valence-electron chi connectivity index (χ3n) is 1.64. The molecule has 0 radical (unpaired) electrons. The molecule has 3 N–H and O–H groups in total. The van der Waals surface area contributed by atoms with Gasteiger partial charge in [-0.25, -0.2) is 19.0 Å². The molecule has 0 aromatic heterocycles. The van der Waals surface area contributed by atoms with E-state index in [9.17, 15) is 8.42 Å². The van der Waals surface area contributed by atoms with Gasteiger partial charge in [-0.15, -0.1) is 0 Å². The summed E-state index contributed by atoms with van der Waals surface area (Å²) in [5.74, 6) is 4.76. The van der Waals surface area contributed by atoms with Crippen molar-refractivity contribution in [3.63, 3.8) is 0 Å². The molecule has 7 heteroatoms. The van der Waals surface area contributed by atoms with Crippen LogP contribution in [0.1, 0.15) is 0 Å². The summed E-state index contributed by atoms with van der Waals surface area (Å²) in [6, 6.07) is 5.87. The SMILES string of the molecule is NOCCNS(=O)(=O)c1ccc(Cl)cc1. The molecule has 0 bridgehead atoms. The van der Waals surface area contributed by atoms with Crippen molar-refractivity contribution in [3.8, 4) is 0 Å². The highest BCUT2D eigenvalue weighted by Gasteiger charge is 2.12. The van der Waals surface area contributed by atoms with Crippen LogP contribution in [0.25, 0.3) is 0 Å². The Hall–Kier alpha value is -0.660. The van der Waals surface area contributed by atoms with Crippen LogP contribution < -0.4 is 10.6 Å². The lowest BCUT2D eigenvalue weighted by Crippen LogP contribution is -2.28. The standard InChI is InChI=1S/C8H11ClN2O3S/c9-7-1-3-8(4-2-7)15(12,13)11-5-6-14-10/h1-4,11H,5-6,10H2. The first-order valence-corrected chi connectivity index (χ1v) is 5.99. The molecule has 84 valence electrons. The number of nitrogens with two attached hydrogens (primary N) is 1. The molecule has 0 saturated carbocycles. The Labute approximate surface area is 93.2 Å². The Morgan fingerprint density at radius 2 is 1.93 bits per heavy atom. The fraction of sp³-hybridized carbons (Fsp3) is 0.250. The van der Waals surface area contributed by atoms with Gasteiger partial charge >= 0.3 is 0 Å². The van der Waals surface area contributed by atoms with Gasteiger partial charge in [-0.3, -0.25) is 0 Å². The smallest absolute Gasteiger partial charge is 0.240 e. The predicted octanol–water partition coefficient (Wildman–Crippen LogP) is 0.509. The lowest BCUT2D eigenvalue weighted by molar-refractivity contribution is 0.143. The van der Waals surface area contributed by atoms with Gasteiger partial charge in [-0.2, -0.15) is 0 Å². The highest BCUT2D eigenvalue weighted by atomic mass is 35.5. The van der Waals surface area contributed by atoms with Crippen LogP contribution in [0.3, 0.4) is 0 Å². The first-order valence-electron chi connectivity index (χ1n) is 4.13. The van der Waals surface area contributed by atoms with E-state index in [1.54, 1.807) is 0 Å². The zero-order valence-electron chi connectivity index (χ0n) is 7.81. The molecule has 0 saturated heterocycles. The lowest BCUT2D eigenvalue weighted by atomic mass is 10.4. The van der Waals surface area contributed by atoms with Crippen molar-refractivity contribution in [2.24, 2.45) is 5.90 Å². The first-order chi connectivity index (χ1) is 7.06. The van der Waals surface area contributed by atoms with E-state index in [4.69, 9.17) is 17.5 Å². The van der Waals surface area contributed by atoms with Gasteiger partial charge in [-0.05, 0) is 24.3 Å². The average Bonchev–Trinajstić information content (AvgIpc) is 2.18. The third kappa shape index (κ3) is 3.77. The molecule has 15 heavy (non-hydrogen) atoms. The molecular formula is C8H11ClN2O3S. The van der Waals surface area contributed by atoms with Crippen LogP contribution in [0.5, 0.6) is 0 Å². The monoisotopic (exact) mass is 250 g/mol. The topological polar surface area (TPSA) is 81.4 Å². The molecule has 1 aromatic carbocycles. The largest absolute Gasteiger partial charge is 0.303 e. The van der Waals surface area contributed by atoms with Gasteiger partial charge in [-0.1, -0.05) is 11.6 Å². The number of sulfonamides is 1. The van der Waals surface area contributed by atoms with Crippen LogP contribution in [0.15, 0.2) is 29.2 Å². The zero-order valence-corrected chi connectivity index (χ0v) is 9.38. The second-order valence-corrected chi connectivity index (χ2v) is 4.93. The zero-order chi connectivity index (χ0) is 11.3. The number of rotatable bonds is 5. The molecule has 0 atom stereocenters. The van der Waals surface area contributed by atoms with E-state index < -0.39 is 10.0 Å². The predicted molar refractivity (Wildman–Crippen MR) is 56.8 cm³/mol. The molecule has 0 unspecified atom stereocenters. The van der Waals surface area contributed by atoms with E-state index >= 15 is 0 Å². The van der Waals surface area contributed by atoms with Crippen LogP contribution in [0.2, 0.25) is 5.02 Å². The van der Waals surface area contributed by atoms with Crippen molar-refractivity contribution in [1.82, 2.24) is 4.72 Å². The second-order valence-electron chi connectivity index (χ2n) is 2.72. The highest BCUT2D eigenvalue weighted by molar-refractivity contribution is 7.89. The quantitative estimate of drug-likeness (QED) is 0.589. The van der Waals surface area contributed by atoms with Crippen molar-refractivity contribution in [2.75, 3.05) is 13.2 Å². The van der Waals surface area contributed by atoms with Crippen LogP contribution >= 0.6 is 11.6 Å².